The Kier molecular flexibility index (Phi) is 7.50. The molecule has 228 valence electrons. The maximum absolute atomic E-state index is 14.2. The highest BCUT2D eigenvalue weighted by molar-refractivity contribution is 6.07. The van der Waals surface area contributed by atoms with Crippen molar-refractivity contribution in [3.63, 3.8) is 0 Å². The van der Waals surface area contributed by atoms with Crippen LogP contribution in [0.25, 0.3) is 17.1 Å². The summed E-state index contributed by atoms with van der Waals surface area (Å²) in [7, 11) is 3.25. The zero-order chi connectivity index (χ0) is 30.9. The Balaban J connectivity index is 1.20. The maximum atomic E-state index is 14.2. The van der Waals surface area contributed by atoms with Crippen LogP contribution in [0.3, 0.4) is 0 Å². The number of aromatic nitrogens is 5. The van der Waals surface area contributed by atoms with Crippen LogP contribution in [-0.2, 0) is 17.8 Å². The molecule has 2 amide bonds. The van der Waals surface area contributed by atoms with Crippen LogP contribution in [-0.4, -0.2) is 63.7 Å². The summed E-state index contributed by atoms with van der Waals surface area (Å²) in [6.07, 6.45) is 4.81. The standard InChI is InChI=1S/C34H33N7O4/c1-44-27-14-6-23(7-15-27)33-35-22-38(37-33)21-30-29-18-20-40(25-10-8-24(9-11-25)39-19-4-3-5-31(39)42)34(43)32(29)41(36-30)26-12-16-28(45-2)17-13-26/h6-17,22H,3-5,18-21H2,1-2H3. The van der Waals surface area contributed by atoms with Gasteiger partial charge < -0.3 is 19.3 Å². The molecule has 0 spiro atoms. The van der Waals surface area contributed by atoms with E-state index in [-0.39, 0.29) is 11.8 Å². The molecule has 5 aromatic rings. The van der Waals surface area contributed by atoms with E-state index >= 15 is 0 Å². The minimum Gasteiger partial charge on any atom is -0.497 e. The Morgan fingerprint density at radius 1 is 0.711 bits per heavy atom. The summed E-state index contributed by atoms with van der Waals surface area (Å²) in [4.78, 5) is 34.8. The van der Waals surface area contributed by atoms with E-state index < -0.39 is 0 Å². The average Bonchev–Trinajstić information content (AvgIpc) is 3.71. The molecule has 2 aliphatic rings. The number of rotatable bonds is 8. The molecule has 0 bridgehead atoms. The molecule has 1 fully saturated rings. The second kappa shape index (κ2) is 11.9. The number of nitrogens with zero attached hydrogens (tertiary/aromatic N) is 7. The summed E-state index contributed by atoms with van der Waals surface area (Å²) in [6.45, 7) is 1.59. The number of fused-ring (bicyclic) bond motifs is 1. The number of benzene rings is 3. The highest BCUT2D eigenvalue weighted by atomic mass is 16.5. The predicted molar refractivity (Wildman–Crippen MR) is 169 cm³/mol. The van der Waals surface area contributed by atoms with Gasteiger partial charge in [0.05, 0.1) is 32.1 Å². The molecule has 11 nitrogen and oxygen atoms in total. The van der Waals surface area contributed by atoms with Crippen LogP contribution < -0.4 is 19.3 Å². The highest BCUT2D eigenvalue weighted by Crippen LogP contribution is 2.31. The van der Waals surface area contributed by atoms with E-state index in [2.05, 4.69) is 4.98 Å². The van der Waals surface area contributed by atoms with E-state index in [1.165, 1.54) is 0 Å². The predicted octanol–water partition coefficient (Wildman–Crippen LogP) is 4.92. The number of amides is 2. The van der Waals surface area contributed by atoms with E-state index in [0.29, 0.717) is 43.2 Å². The van der Waals surface area contributed by atoms with Gasteiger partial charge in [0.1, 0.15) is 23.5 Å². The third-order valence-corrected chi connectivity index (χ3v) is 8.41. The minimum absolute atomic E-state index is 0.134. The smallest absolute Gasteiger partial charge is 0.277 e. The normalized spacial score (nSPS) is 14.9. The largest absolute Gasteiger partial charge is 0.497 e. The van der Waals surface area contributed by atoms with Gasteiger partial charge in [0, 0.05) is 42.0 Å². The quantitative estimate of drug-likeness (QED) is 0.248. The molecule has 0 unspecified atom stereocenters. The van der Waals surface area contributed by atoms with Crippen molar-refractivity contribution in [2.45, 2.75) is 32.2 Å². The average molecular weight is 604 g/mol. The van der Waals surface area contributed by atoms with Gasteiger partial charge in [-0.2, -0.15) is 10.2 Å². The molecule has 0 radical (unpaired) electrons. The summed E-state index contributed by atoms with van der Waals surface area (Å²) in [5.41, 5.74) is 5.45. The van der Waals surface area contributed by atoms with Crippen molar-refractivity contribution < 1.29 is 19.1 Å². The molecule has 45 heavy (non-hydrogen) atoms. The lowest BCUT2D eigenvalue weighted by Gasteiger charge is -2.30. The topological polar surface area (TPSA) is 108 Å². The lowest BCUT2D eigenvalue weighted by Crippen LogP contribution is -2.39. The fourth-order valence-corrected chi connectivity index (χ4v) is 6.00. The number of piperidine rings is 1. The van der Waals surface area contributed by atoms with E-state index in [1.807, 2.05) is 77.7 Å². The Bertz CT molecular complexity index is 1840. The molecule has 0 aliphatic carbocycles. The second-order valence-electron chi connectivity index (χ2n) is 11.1. The Morgan fingerprint density at radius 2 is 1.36 bits per heavy atom. The molecular formula is C34H33N7O4. The molecule has 2 aliphatic heterocycles. The van der Waals surface area contributed by atoms with Crippen LogP contribution in [0.4, 0.5) is 11.4 Å². The van der Waals surface area contributed by atoms with E-state index in [4.69, 9.17) is 19.7 Å². The third-order valence-electron chi connectivity index (χ3n) is 8.41. The molecule has 4 heterocycles. The van der Waals surface area contributed by atoms with Gasteiger partial charge in [0.15, 0.2) is 5.82 Å². The Labute approximate surface area is 260 Å². The van der Waals surface area contributed by atoms with Crippen molar-refractivity contribution in [3.8, 4) is 28.6 Å². The Hall–Kier alpha value is -5.45. The molecule has 2 aromatic heterocycles. The van der Waals surface area contributed by atoms with Crippen molar-refractivity contribution in [1.29, 1.82) is 0 Å². The number of hydrogen-bond donors (Lipinski definition) is 0. The van der Waals surface area contributed by atoms with E-state index in [9.17, 15) is 9.59 Å². The summed E-state index contributed by atoms with van der Waals surface area (Å²) in [5, 5.41) is 9.65. The van der Waals surface area contributed by atoms with Gasteiger partial charge in [-0.05, 0) is 92.1 Å². The number of anilines is 2. The van der Waals surface area contributed by atoms with Gasteiger partial charge in [-0.25, -0.2) is 14.3 Å². The molecule has 11 heteroatoms. The van der Waals surface area contributed by atoms with E-state index in [0.717, 1.165) is 59.0 Å². The summed E-state index contributed by atoms with van der Waals surface area (Å²) in [5.74, 6) is 2.09. The summed E-state index contributed by atoms with van der Waals surface area (Å²) >= 11 is 0. The second-order valence-corrected chi connectivity index (χ2v) is 11.1. The number of carbonyl (C=O) groups excluding carboxylic acids is 2. The van der Waals surface area contributed by atoms with Gasteiger partial charge in [0.2, 0.25) is 5.91 Å². The van der Waals surface area contributed by atoms with Crippen molar-refractivity contribution in [1.82, 2.24) is 24.5 Å². The molecule has 0 N–H and O–H groups in total. The first-order valence-electron chi connectivity index (χ1n) is 15.0. The molecule has 1 saturated heterocycles. The fraction of sp³-hybridized carbons (Fsp3) is 0.265. The first kappa shape index (κ1) is 28.3. The lowest BCUT2D eigenvalue weighted by atomic mass is 10.0. The third kappa shape index (κ3) is 5.41. The van der Waals surface area contributed by atoms with Crippen LogP contribution in [0.1, 0.15) is 41.0 Å². The lowest BCUT2D eigenvalue weighted by molar-refractivity contribution is -0.119. The SMILES string of the molecule is COc1ccc(-c2ncn(Cc3nn(-c4ccc(OC)cc4)c4c3CCN(c3ccc(N5CCCCC5=O)cc3)C4=O)n2)cc1. The van der Waals surface area contributed by atoms with Crippen LogP contribution in [0.5, 0.6) is 11.5 Å². The molecular weight excluding hydrogens is 570 g/mol. The van der Waals surface area contributed by atoms with Gasteiger partial charge in [0.25, 0.3) is 5.91 Å². The summed E-state index contributed by atoms with van der Waals surface area (Å²) < 4.78 is 14.1. The van der Waals surface area contributed by atoms with E-state index in [1.54, 1.807) is 34.8 Å². The zero-order valence-electron chi connectivity index (χ0n) is 25.2. The first-order chi connectivity index (χ1) is 22.0. The molecule has 7 rings (SSSR count). The fourth-order valence-electron chi connectivity index (χ4n) is 6.00. The van der Waals surface area contributed by atoms with Gasteiger partial charge in [-0.15, -0.1) is 0 Å². The number of carbonyl (C=O) groups is 2. The summed E-state index contributed by atoms with van der Waals surface area (Å²) in [6, 6.07) is 22.8. The minimum atomic E-state index is -0.134. The van der Waals surface area contributed by atoms with Crippen LogP contribution in [0.15, 0.2) is 79.1 Å². The molecule has 0 saturated carbocycles. The number of methoxy groups -OCH3 is 2. The zero-order valence-corrected chi connectivity index (χ0v) is 25.2. The van der Waals surface area contributed by atoms with Crippen LogP contribution in [0, 0.1) is 0 Å². The Morgan fingerprint density at radius 3 is 2.02 bits per heavy atom. The number of ether oxygens (including phenoxy) is 2. The van der Waals surface area contributed by atoms with Crippen molar-refractivity contribution in [3.05, 3.63) is 96.1 Å². The molecule has 3 aromatic carbocycles. The number of hydrogen-bond acceptors (Lipinski definition) is 7. The van der Waals surface area contributed by atoms with Crippen LogP contribution in [0.2, 0.25) is 0 Å². The first-order valence-corrected chi connectivity index (χ1v) is 15.0. The maximum Gasteiger partial charge on any atom is 0.277 e. The van der Waals surface area contributed by atoms with Gasteiger partial charge in [-0.1, -0.05) is 0 Å². The van der Waals surface area contributed by atoms with Gasteiger partial charge in [-0.3, -0.25) is 9.59 Å². The van der Waals surface area contributed by atoms with Crippen molar-refractivity contribution >= 4 is 23.2 Å². The van der Waals surface area contributed by atoms with Gasteiger partial charge >= 0.3 is 0 Å². The monoisotopic (exact) mass is 603 g/mol. The molecule has 0 atom stereocenters. The van der Waals surface area contributed by atoms with Crippen LogP contribution >= 0.6 is 0 Å². The van der Waals surface area contributed by atoms with Crippen molar-refractivity contribution in [2.24, 2.45) is 0 Å². The van der Waals surface area contributed by atoms with Crippen molar-refractivity contribution in [2.75, 3.05) is 37.1 Å². The highest BCUT2D eigenvalue weighted by Gasteiger charge is 2.33.